The van der Waals surface area contributed by atoms with E-state index in [2.05, 4.69) is 20.6 Å². The van der Waals surface area contributed by atoms with Crippen LogP contribution in [0.3, 0.4) is 0 Å². The standard InChI is InChI=1S/C28H22ClN5O3/c29-22-7-3-6-21-25(22)33-27(36)23(15-19-5-4-13-30-16-19)34(28(21)37)17-18-9-11-20(12-10-18)26(35)32-24-8-1-2-14-31-24/h1-14,16,23H,15,17H2,(H,33,36)(H,31,32,35). The number of rotatable bonds is 6. The number of carbonyl (C=O) groups excluding carboxylic acids is 3. The van der Waals surface area contributed by atoms with E-state index in [1.54, 1.807) is 85.3 Å². The molecule has 8 nitrogen and oxygen atoms in total. The lowest BCUT2D eigenvalue weighted by Gasteiger charge is -2.29. The Kier molecular flexibility index (Phi) is 6.91. The van der Waals surface area contributed by atoms with Gasteiger partial charge in [0, 0.05) is 37.1 Å². The van der Waals surface area contributed by atoms with E-state index in [-0.39, 0.29) is 30.7 Å². The lowest BCUT2D eigenvalue weighted by Crippen LogP contribution is -2.46. The molecule has 0 bridgehead atoms. The molecule has 1 aliphatic heterocycles. The van der Waals surface area contributed by atoms with Gasteiger partial charge in [-0.2, -0.15) is 0 Å². The zero-order valence-electron chi connectivity index (χ0n) is 19.6. The van der Waals surface area contributed by atoms with Crippen LogP contribution in [-0.4, -0.2) is 38.6 Å². The number of carbonyl (C=O) groups is 3. The van der Waals surface area contributed by atoms with Gasteiger partial charge in [0.15, 0.2) is 0 Å². The van der Waals surface area contributed by atoms with Gasteiger partial charge in [0.25, 0.3) is 11.8 Å². The fourth-order valence-electron chi connectivity index (χ4n) is 4.18. The maximum absolute atomic E-state index is 13.7. The second kappa shape index (κ2) is 10.6. The summed E-state index contributed by atoms with van der Waals surface area (Å²) in [7, 11) is 0. The van der Waals surface area contributed by atoms with Crippen LogP contribution in [0.1, 0.15) is 31.8 Å². The van der Waals surface area contributed by atoms with Crippen LogP contribution in [0.15, 0.2) is 91.4 Å². The predicted octanol–water partition coefficient (Wildman–Crippen LogP) is 4.59. The Morgan fingerprint density at radius 2 is 1.78 bits per heavy atom. The molecule has 2 aromatic heterocycles. The molecule has 0 fully saturated rings. The third-order valence-electron chi connectivity index (χ3n) is 6.06. The average Bonchev–Trinajstić information content (AvgIpc) is 3.01. The number of fused-ring (bicyclic) bond motifs is 1. The van der Waals surface area contributed by atoms with Gasteiger partial charge in [0.1, 0.15) is 11.9 Å². The average molecular weight is 512 g/mol. The molecule has 3 heterocycles. The monoisotopic (exact) mass is 511 g/mol. The maximum atomic E-state index is 13.7. The van der Waals surface area contributed by atoms with E-state index in [0.717, 1.165) is 11.1 Å². The normalized spacial score (nSPS) is 14.9. The number of hydrogen-bond donors (Lipinski definition) is 2. The van der Waals surface area contributed by atoms with Gasteiger partial charge in [0.2, 0.25) is 5.91 Å². The van der Waals surface area contributed by atoms with Crippen LogP contribution in [0.5, 0.6) is 0 Å². The van der Waals surface area contributed by atoms with Crippen LogP contribution in [0.4, 0.5) is 11.5 Å². The number of nitrogens with one attached hydrogen (secondary N) is 2. The third kappa shape index (κ3) is 5.34. The number of anilines is 2. The first kappa shape index (κ1) is 24.1. The maximum Gasteiger partial charge on any atom is 0.257 e. The van der Waals surface area contributed by atoms with Crippen molar-refractivity contribution in [3.8, 4) is 0 Å². The Balaban J connectivity index is 1.42. The summed E-state index contributed by atoms with van der Waals surface area (Å²) in [5.74, 6) is -0.501. The minimum Gasteiger partial charge on any atom is -0.322 e. The fraction of sp³-hybridized carbons (Fsp3) is 0.107. The summed E-state index contributed by atoms with van der Waals surface area (Å²) < 4.78 is 0. The van der Waals surface area contributed by atoms with Crippen LogP contribution in [0, 0.1) is 0 Å². The summed E-state index contributed by atoms with van der Waals surface area (Å²) >= 11 is 6.33. The molecule has 5 rings (SSSR count). The summed E-state index contributed by atoms with van der Waals surface area (Å²) in [6, 6.07) is 20.0. The van der Waals surface area contributed by atoms with Gasteiger partial charge in [0.05, 0.1) is 16.3 Å². The van der Waals surface area contributed by atoms with Crippen molar-refractivity contribution in [3.63, 3.8) is 0 Å². The number of aromatic nitrogens is 2. The molecular formula is C28H22ClN5O3. The highest BCUT2D eigenvalue weighted by molar-refractivity contribution is 6.35. The topological polar surface area (TPSA) is 104 Å². The lowest BCUT2D eigenvalue weighted by molar-refractivity contribution is -0.120. The molecule has 0 spiro atoms. The van der Waals surface area contributed by atoms with Crippen LogP contribution in [0.25, 0.3) is 0 Å². The highest BCUT2D eigenvalue weighted by Crippen LogP contribution is 2.32. The molecule has 9 heteroatoms. The fourth-order valence-corrected chi connectivity index (χ4v) is 4.41. The molecule has 37 heavy (non-hydrogen) atoms. The van der Waals surface area contributed by atoms with Crippen molar-refractivity contribution in [3.05, 3.63) is 119 Å². The zero-order chi connectivity index (χ0) is 25.8. The van der Waals surface area contributed by atoms with E-state index in [1.807, 2.05) is 6.07 Å². The summed E-state index contributed by atoms with van der Waals surface area (Å²) in [5, 5.41) is 5.88. The largest absolute Gasteiger partial charge is 0.322 e. The minimum atomic E-state index is -0.799. The SMILES string of the molecule is O=C(Nc1ccccn1)c1ccc(CN2C(=O)c3cccc(Cl)c3NC(=O)C2Cc2cccnc2)cc1. The quantitative estimate of drug-likeness (QED) is 0.394. The van der Waals surface area contributed by atoms with Crippen LogP contribution in [0.2, 0.25) is 5.02 Å². The molecule has 1 aliphatic rings. The van der Waals surface area contributed by atoms with Gasteiger partial charge < -0.3 is 15.5 Å². The Morgan fingerprint density at radius 3 is 2.51 bits per heavy atom. The van der Waals surface area contributed by atoms with E-state index in [4.69, 9.17) is 11.6 Å². The molecule has 2 aromatic carbocycles. The van der Waals surface area contributed by atoms with Gasteiger partial charge in [-0.3, -0.25) is 19.4 Å². The molecule has 4 aromatic rings. The smallest absolute Gasteiger partial charge is 0.257 e. The molecule has 0 aliphatic carbocycles. The van der Waals surface area contributed by atoms with Crippen LogP contribution >= 0.6 is 11.6 Å². The van der Waals surface area contributed by atoms with E-state index < -0.39 is 6.04 Å². The summed E-state index contributed by atoms with van der Waals surface area (Å²) in [4.78, 5) is 49.4. The van der Waals surface area contributed by atoms with Crippen molar-refractivity contribution >= 4 is 40.8 Å². The van der Waals surface area contributed by atoms with Crippen molar-refractivity contribution in [1.82, 2.24) is 14.9 Å². The minimum absolute atomic E-state index is 0.158. The number of nitrogens with zero attached hydrogens (tertiary/aromatic N) is 3. The van der Waals surface area contributed by atoms with E-state index in [0.29, 0.717) is 27.7 Å². The van der Waals surface area contributed by atoms with Gasteiger partial charge in [-0.25, -0.2) is 4.98 Å². The molecule has 0 saturated carbocycles. The van der Waals surface area contributed by atoms with Crippen molar-refractivity contribution in [1.29, 1.82) is 0 Å². The number of amides is 3. The number of hydrogen-bond acceptors (Lipinski definition) is 5. The van der Waals surface area contributed by atoms with Crippen molar-refractivity contribution in [2.24, 2.45) is 0 Å². The van der Waals surface area contributed by atoms with Gasteiger partial charge in [-0.05, 0) is 53.6 Å². The molecule has 184 valence electrons. The highest BCUT2D eigenvalue weighted by Gasteiger charge is 2.36. The Hall–Kier alpha value is -4.56. The van der Waals surface area contributed by atoms with E-state index in [1.165, 1.54) is 4.90 Å². The van der Waals surface area contributed by atoms with Crippen LogP contribution < -0.4 is 10.6 Å². The Bertz CT molecular complexity index is 1450. The van der Waals surface area contributed by atoms with Gasteiger partial charge in [-0.15, -0.1) is 0 Å². The lowest BCUT2D eigenvalue weighted by atomic mass is 10.0. The Labute approximate surface area is 218 Å². The van der Waals surface area contributed by atoms with Gasteiger partial charge >= 0.3 is 0 Å². The zero-order valence-corrected chi connectivity index (χ0v) is 20.4. The number of halogens is 1. The number of benzene rings is 2. The van der Waals surface area contributed by atoms with Gasteiger partial charge in [-0.1, -0.05) is 41.9 Å². The molecule has 3 amide bonds. The highest BCUT2D eigenvalue weighted by atomic mass is 35.5. The number of pyridine rings is 2. The van der Waals surface area contributed by atoms with E-state index in [9.17, 15) is 14.4 Å². The van der Waals surface area contributed by atoms with Crippen molar-refractivity contribution in [2.45, 2.75) is 19.0 Å². The molecule has 1 atom stereocenters. The first-order chi connectivity index (χ1) is 18.0. The third-order valence-corrected chi connectivity index (χ3v) is 6.37. The molecule has 2 N–H and O–H groups in total. The second-order valence-electron chi connectivity index (χ2n) is 8.53. The first-order valence-electron chi connectivity index (χ1n) is 11.6. The van der Waals surface area contributed by atoms with Crippen molar-refractivity contribution < 1.29 is 14.4 Å². The second-order valence-corrected chi connectivity index (χ2v) is 8.94. The number of para-hydroxylation sites is 1. The summed E-state index contributed by atoms with van der Waals surface area (Å²) in [5.41, 5.74) is 2.65. The summed E-state index contributed by atoms with van der Waals surface area (Å²) in [6.45, 7) is 0.158. The van der Waals surface area contributed by atoms with Crippen molar-refractivity contribution in [2.75, 3.05) is 10.6 Å². The predicted molar refractivity (Wildman–Crippen MR) is 140 cm³/mol. The molecule has 0 saturated heterocycles. The van der Waals surface area contributed by atoms with E-state index >= 15 is 0 Å². The molecule has 1 unspecified atom stereocenters. The Morgan fingerprint density at radius 1 is 0.946 bits per heavy atom. The molecular weight excluding hydrogens is 490 g/mol. The molecule has 0 radical (unpaired) electrons. The summed E-state index contributed by atoms with van der Waals surface area (Å²) in [6.07, 6.45) is 5.21. The van der Waals surface area contributed by atoms with Crippen LogP contribution in [-0.2, 0) is 17.8 Å². The first-order valence-corrected chi connectivity index (χ1v) is 12.0.